The lowest BCUT2D eigenvalue weighted by molar-refractivity contribution is -0.164. The highest BCUT2D eigenvalue weighted by Gasteiger charge is 2.32. The number of aliphatic hydroxyl groups is 4. The number of hydrogen-bond acceptors (Lipinski definition) is 9. The standard InChI is InChI=1S/C31H33NO9/c33-25(14-15-26(34)28(36)29(37)30(38)40-17-19-8-2-1-3-9-19)27(35)16-32-31(39)41-18-24-22-12-6-4-10-20(22)21-11-5-7-13-23(21)24/h1-13,24-25,27-29,33,35-37H,14-18H2,(H,32,39)/t25-,27+,28+,29+/m1/s1. The zero-order valence-corrected chi connectivity index (χ0v) is 22.3. The Balaban J connectivity index is 1.17. The summed E-state index contributed by atoms with van der Waals surface area (Å²) in [7, 11) is 0. The average molecular weight is 564 g/mol. The third-order valence-corrected chi connectivity index (χ3v) is 7.02. The molecule has 4 atom stereocenters. The monoisotopic (exact) mass is 563 g/mol. The van der Waals surface area contributed by atoms with Crippen molar-refractivity contribution < 1.29 is 44.3 Å². The minimum atomic E-state index is -2.09. The minimum absolute atomic E-state index is 0.0843. The molecule has 3 aromatic rings. The summed E-state index contributed by atoms with van der Waals surface area (Å²) >= 11 is 0. The van der Waals surface area contributed by atoms with Crippen molar-refractivity contribution in [1.29, 1.82) is 0 Å². The number of esters is 1. The van der Waals surface area contributed by atoms with Crippen LogP contribution in [0.3, 0.4) is 0 Å². The molecule has 41 heavy (non-hydrogen) atoms. The molecule has 216 valence electrons. The molecule has 3 aromatic carbocycles. The topological polar surface area (TPSA) is 163 Å². The van der Waals surface area contributed by atoms with E-state index >= 15 is 0 Å². The number of alkyl carbamates (subject to hydrolysis) is 1. The number of aliphatic hydroxyl groups excluding tert-OH is 4. The molecule has 0 aromatic heterocycles. The Morgan fingerprint density at radius 3 is 1.95 bits per heavy atom. The van der Waals surface area contributed by atoms with Gasteiger partial charge in [-0.2, -0.15) is 0 Å². The lowest BCUT2D eigenvalue weighted by Crippen LogP contribution is -2.42. The first-order valence-electron chi connectivity index (χ1n) is 13.3. The highest BCUT2D eigenvalue weighted by molar-refractivity contribution is 5.89. The molecule has 0 heterocycles. The van der Waals surface area contributed by atoms with Crippen LogP contribution in [0.5, 0.6) is 0 Å². The predicted octanol–water partition coefficient (Wildman–Crippen LogP) is 2.06. The van der Waals surface area contributed by atoms with E-state index in [-0.39, 0.29) is 32.1 Å². The summed E-state index contributed by atoms with van der Waals surface area (Å²) in [5.74, 6) is -2.21. The number of benzene rings is 3. The second-order valence-corrected chi connectivity index (χ2v) is 9.83. The van der Waals surface area contributed by atoms with Crippen LogP contribution < -0.4 is 5.32 Å². The van der Waals surface area contributed by atoms with E-state index in [0.29, 0.717) is 5.56 Å². The number of nitrogens with one attached hydrogen (secondary N) is 1. The normalized spacial score (nSPS) is 15.1. The Morgan fingerprint density at radius 1 is 0.732 bits per heavy atom. The maximum Gasteiger partial charge on any atom is 0.407 e. The fourth-order valence-electron chi connectivity index (χ4n) is 4.72. The zero-order chi connectivity index (χ0) is 29.4. The second kappa shape index (κ2) is 14.0. The SMILES string of the molecule is O=C(NC[C@H](O)[C@H](O)CCC(=O)[C@H](O)[C@H](O)C(=O)OCc1ccccc1)OCC1c2ccccc2-c2ccccc21. The predicted molar refractivity (Wildman–Crippen MR) is 148 cm³/mol. The van der Waals surface area contributed by atoms with Crippen LogP contribution in [0.2, 0.25) is 0 Å². The number of carbonyl (C=O) groups is 3. The van der Waals surface area contributed by atoms with Crippen LogP contribution in [0.15, 0.2) is 78.9 Å². The van der Waals surface area contributed by atoms with Gasteiger partial charge in [0.2, 0.25) is 0 Å². The van der Waals surface area contributed by atoms with Crippen molar-refractivity contribution >= 4 is 17.8 Å². The molecule has 0 unspecified atom stereocenters. The lowest BCUT2D eigenvalue weighted by atomic mass is 9.98. The van der Waals surface area contributed by atoms with E-state index in [1.807, 2.05) is 48.5 Å². The number of fused-ring (bicyclic) bond motifs is 3. The minimum Gasteiger partial charge on any atom is -0.459 e. The van der Waals surface area contributed by atoms with Gasteiger partial charge >= 0.3 is 12.1 Å². The first-order valence-corrected chi connectivity index (χ1v) is 13.3. The second-order valence-electron chi connectivity index (χ2n) is 9.83. The maximum atomic E-state index is 12.3. The van der Waals surface area contributed by atoms with Crippen LogP contribution in [-0.4, -0.2) is 75.8 Å². The van der Waals surface area contributed by atoms with Gasteiger partial charge in [0, 0.05) is 18.9 Å². The van der Waals surface area contributed by atoms with Gasteiger partial charge in [0.1, 0.15) is 19.3 Å². The summed E-state index contributed by atoms with van der Waals surface area (Å²) in [6.45, 7) is -0.400. The van der Waals surface area contributed by atoms with Crippen molar-refractivity contribution in [2.75, 3.05) is 13.2 Å². The molecule has 0 fully saturated rings. The Hall–Kier alpha value is -4.09. The molecule has 0 saturated carbocycles. The fourth-order valence-corrected chi connectivity index (χ4v) is 4.72. The third kappa shape index (κ3) is 7.56. The Morgan fingerprint density at radius 2 is 1.32 bits per heavy atom. The molecule has 0 bridgehead atoms. The Kier molecular flexibility index (Phi) is 10.2. The molecular weight excluding hydrogens is 530 g/mol. The Bertz CT molecular complexity index is 1300. The molecular formula is C31H33NO9. The molecule has 1 aliphatic rings. The van der Waals surface area contributed by atoms with Crippen LogP contribution in [-0.2, 0) is 25.7 Å². The fraction of sp³-hybridized carbons (Fsp3) is 0.323. The van der Waals surface area contributed by atoms with Gasteiger partial charge < -0.3 is 35.2 Å². The molecule has 0 radical (unpaired) electrons. The van der Waals surface area contributed by atoms with Crippen molar-refractivity contribution in [2.24, 2.45) is 0 Å². The molecule has 0 aliphatic heterocycles. The van der Waals surface area contributed by atoms with E-state index < -0.39 is 48.7 Å². The van der Waals surface area contributed by atoms with Crippen LogP contribution in [0.4, 0.5) is 4.79 Å². The number of ether oxygens (including phenoxy) is 2. The van der Waals surface area contributed by atoms with Crippen LogP contribution in [0.1, 0.15) is 35.4 Å². The molecule has 10 heteroatoms. The number of ketones is 1. The molecule has 5 N–H and O–H groups in total. The van der Waals surface area contributed by atoms with Gasteiger partial charge in [-0.25, -0.2) is 9.59 Å². The molecule has 4 rings (SSSR count). The molecule has 10 nitrogen and oxygen atoms in total. The largest absolute Gasteiger partial charge is 0.459 e. The number of carbonyl (C=O) groups excluding carboxylic acids is 3. The smallest absolute Gasteiger partial charge is 0.407 e. The van der Waals surface area contributed by atoms with E-state index in [2.05, 4.69) is 5.32 Å². The highest BCUT2D eigenvalue weighted by atomic mass is 16.6. The van der Waals surface area contributed by atoms with Gasteiger partial charge in [0.25, 0.3) is 0 Å². The van der Waals surface area contributed by atoms with Crippen molar-refractivity contribution in [1.82, 2.24) is 5.32 Å². The van der Waals surface area contributed by atoms with E-state index in [4.69, 9.17) is 9.47 Å². The Labute approximate surface area is 237 Å². The highest BCUT2D eigenvalue weighted by Crippen LogP contribution is 2.44. The van der Waals surface area contributed by atoms with Crippen LogP contribution in [0, 0.1) is 0 Å². The van der Waals surface area contributed by atoms with Crippen molar-refractivity contribution in [3.8, 4) is 11.1 Å². The van der Waals surface area contributed by atoms with E-state index in [9.17, 15) is 34.8 Å². The summed E-state index contributed by atoms with van der Waals surface area (Å²) in [6.07, 6.45) is -8.50. The van der Waals surface area contributed by atoms with Crippen molar-refractivity contribution in [3.63, 3.8) is 0 Å². The van der Waals surface area contributed by atoms with Gasteiger partial charge in [-0.05, 0) is 34.2 Å². The van der Waals surface area contributed by atoms with Gasteiger partial charge in [0.05, 0.1) is 12.2 Å². The maximum absolute atomic E-state index is 12.3. The number of rotatable bonds is 13. The van der Waals surface area contributed by atoms with E-state index in [1.165, 1.54) is 0 Å². The third-order valence-electron chi connectivity index (χ3n) is 7.02. The van der Waals surface area contributed by atoms with Crippen molar-refractivity contribution in [3.05, 3.63) is 95.6 Å². The number of hydrogen-bond donors (Lipinski definition) is 5. The van der Waals surface area contributed by atoms with Gasteiger partial charge in [-0.3, -0.25) is 4.79 Å². The summed E-state index contributed by atoms with van der Waals surface area (Å²) in [5.41, 5.74) is 4.95. The molecule has 1 aliphatic carbocycles. The zero-order valence-electron chi connectivity index (χ0n) is 22.3. The molecule has 0 saturated heterocycles. The molecule has 0 spiro atoms. The summed E-state index contributed by atoms with van der Waals surface area (Å²) in [4.78, 5) is 36.5. The number of Topliss-reactive ketones (excluding diaryl/α,β-unsaturated/α-hetero) is 1. The van der Waals surface area contributed by atoms with Crippen LogP contribution >= 0.6 is 0 Å². The van der Waals surface area contributed by atoms with Gasteiger partial charge in [-0.1, -0.05) is 78.9 Å². The number of amides is 1. The first-order chi connectivity index (χ1) is 19.8. The summed E-state index contributed by atoms with van der Waals surface area (Å²) < 4.78 is 10.3. The molecule has 1 amide bonds. The summed E-state index contributed by atoms with van der Waals surface area (Å²) in [5, 5.41) is 42.8. The van der Waals surface area contributed by atoms with Crippen molar-refractivity contribution in [2.45, 2.75) is 49.8 Å². The quantitative estimate of drug-likeness (QED) is 0.196. The van der Waals surface area contributed by atoms with E-state index in [1.54, 1.807) is 30.3 Å². The van der Waals surface area contributed by atoms with E-state index in [0.717, 1.165) is 22.3 Å². The van der Waals surface area contributed by atoms with Gasteiger partial charge in [-0.15, -0.1) is 0 Å². The van der Waals surface area contributed by atoms with Gasteiger partial charge in [0.15, 0.2) is 11.9 Å². The average Bonchev–Trinajstić information content (AvgIpc) is 3.33. The lowest BCUT2D eigenvalue weighted by Gasteiger charge is -2.20. The first kappa shape index (κ1) is 29.9. The van der Waals surface area contributed by atoms with Crippen LogP contribution in [0.25, 0.3) is 11.1 Å². The summed E-state index contributed by atoms with van der Waals surface area (Å²) in [6, 6.07) is 24.5.